The topological polar surface area (TPSA) is 46.9 Å². The van der Waals surface area contributed by atoms with Crippen molar-refractivity contribution in [3.63, 3.8) is 0 Å². The van der Waals surface area contributed by atoms with Crippen LogP contribution in [-0.2, 0) is 23.9 Å². The highest BCUT2D eigenvalue weighted by molar-refractivity contribution is 5.75. The zero-order valence-electron chi connectivity index (χ0n) is 14.6. The minimum Gasteiger partial charge on any atom is -0.346 e. The van der Waals surface area contributed by atoms with E-state index in [1.165, 1.54) is 12.1 Å². The van der Waals surface area contributed by atoms with Gasteiger partial charge >= 0.3 is 6.18 Å². The number of benzene rings is 1. The number of carbonyl (C=O) groups is 1. The Hall–Kier alpha value is -2.57. The Bertz CT molecular complexity index is 733. The molecule has 0 unspecified atom stereocenters. The first-order valence-corrected chi connectivity index (χ1v) is 8.45. The molecule has 1 aromatic carbocycles. The van der Waals surface area contributed by atoms with Crippen molar-refractivity contribution in [3.05, 3.63) is 59.9 Å². The van der Waals surface area contributed by atoms with Gasteiger partial charge in [-0.1, -0.05) is 18.2 Å². The number of aryl methyl sites for hydroxylation is 1. The fourth-order valence-corrected chi connectivity index (χ4v) is 2.38. The van der Waals surface area contributed by atoms with Crippen molar-refractivity contribution in [2.75, 3.05) is 5.32 Å². The predicted octanol–water partition coefficient (Wildman–Crippen LogP) is 4.83. The summed E-state index contributed by atoms with van der Waals surface area (Å²) in [5.74, 6) is 0.895. The Morgan fingerprint density at radius 3 is 2.58 bits per heavy atom. The smallest absolute Gasteiger partial charge is 0.346 e. The molecule has 0 saturated carbocycles. The number of nitrogens with one attached hydrogen (secondary N) is 1. The lowest BCUT2D eigenvalue weighted by Crippen LogP contribution is -2.04. The molecule has 0 atom stereocenters. The van der Waals surface area contributed by atoms with Crippen molar-refractivity contribution in [3.8, 4) is 0 Å². The van der Waals surface area contributed by atoms with Crippen LogP contribution >= 0.6 is 0 Å². The summed E-state index contributed by atoms with van der Waals surface area (Å²) in [6.45, 7) is 2.34. The molecule has 2 aromatic rings. The number of allylic oxidation sites excluding steroid dienone is 1. The van der Waals surface area contributed by atoms with Crippen LogP contribution in [0.15, 0.2) is 48.8 Å². The zero-order chi connectivity index (χ0) is 19.0. The van der Waals surface area contributed by atoms with Gasteiger partial charge in [-0.05, 0) is 50.1 Å². The van der Waals surface area contributed by atoms with Gasteiger partial charge in [-0.3, -0.25) is 4.68 Å². The van der Waals surface area contributed by atoms with Gasteiger partial charge in [-0.15, -0.1) is 0 Å². The molecule has 0 saturated heterocycles. The minimum absolute atomic E-state index is 0.200. The molecule has 2 rings (SSSR count). The Morgan fingerprint density at radius 1 is 1.19 bits per heavy atom. The molecule has 0 aliphatic rings. The standard InChI is InChI=1S/C19H22F3N3O/c1-15(26)5-2-3-13-25-14-11-18(24-25)23-12-4-6-16-7-9-17(10-8-16)19(20,21)22/h4,7-12,14H,2-3,5-6,13H2,1H3,(H,23,24)/b12-4+. The molecule has 0 aliphatic heterocycles. The van der Waals surface area contributed by atoms with Crippen LogP contribution in [0.4, 0.5) is 19.0 Å². The number of aromatic nitrogens is 2. The highest BCUT2D eigenvalue weighted by Gasteiger charge is 2.29. The molecule has 140 valence electrons. The van der Waals surface area contributed by atoms with Crippen LogP contribution in [0.3, 0.4) is 0 Å². The lowest BCUT2D eigenvalue weighted by atomic mass is 10.1. The fraction of sp³-hybridized carbons (Fsp3) is 0.368. The summed E-state index contributed by atoms with van der Waals surface area (Å²) >= 11 is 0. The largest absolute Gasteiger partial charge is 0.416 e. The van der Waals surface area contributed by atoms with Gasteiger partial charge in [0.2, 0.25) is 0 Å². The quantitative estimate of drug-likeness (QED) is 0.648. The molecule has 0 spiro atoms. The van der Waals surface area contributed by atoms with E-state index in [0.717, 1.165) is 37.1 Å². The second-order valence-electron chi connectivity index (χ2n) is 6.07. The fourth-order valence-electron chi connectivity index (χ4n) is 2.38. The summed E-state index contributed by atoms with van der Waals surface area (Å²) in [5.41, 5.74) is 0.157. The molecule has 0 bridgehead atoms. The SMILES string of the molecule is CC(=O)CCCCn1ccc(N/C=C/Cc2ccc(C(F)(F)F)cc2)n1. The normalized spacial score (nSPS) is 11.8. The molecule has 0 amide bonds. The van der Waals surface area contributed by atoms with Crippen molar-refractivity contribution in [2.45, 2.75) is 45.3 Å². The van der Waals surface area contributed by atoms with Crippen LogP contribution in [0, 0.1) is 0 Å². The van der Waals surface area contributed by atoms with E-state index in [4.69, 9.17) is 0 Å². The highest BCUT2D eigenvalue weighted by Crippen LogP contribution is 2.29. The summed E-state index contributed by atoms with van der Waals surface area (Å²) < 4.78 is 39.3. The van der Waals surface area contributed by atoms with Crippen LogP contribution < -0.4 is 5.32 Å². The Kier molecular flexibility index (Phi) is 7.00. The number of carbonyl (C=O) groups excluding carboxylic acids is 1. The van der Waals surface area contributed by atoms with Gasteiger partial charge in [0.1, 0.15) is 5.78 Å². The van der Waals surface area contributed by atoms with E-state index in [9.17, 15) is 18.0 Å². The maximum atomic E-state index is 12.5. The van der Waals surface area contributed by atoms with E-state index in [1.54, 1.807) is 13.1 Å². The number of hydrogen-bond acceptors (Lipinski definition) is 3. The molecular formula is C19H22F3N3O. The van der Waals surface area contributed by atoms with Crippen molar-refractivity contribution in [1.29, 1.82) is 0 Å². The van der Waals surface area contributed by atoms with Crippen molar-refractivity contribution in [2.24, 2.45) is 0 Å². The predicted molar refractivity (Wildman–Crippen MR) is 94.7 cm³/mol. The number of unbranched alkanes of at least 4 members (excludes halogenated alkanes) is 1. The number of ketones is 1. The van der Waals surface area contributed by atoms with Crippen LogP contribution in [0.1, 0.15) is 37.3 Å². The average molecular weight is 365 g/mol. The summed E-state index contributed by atoms with van der Waals surface area (Å²) in [5, 5.41) is 7.39. The summed E-state index contributed by atoms with van der Waals surface area (Å²) in [4.78, 5) is 10.9. The zero-order valence-corrected chi connectivity index (χ0v) is 14.6. The molecule has 1 N–H and O–H groups in total. The monoisotopic (exact) mass is 365 g/mol. The van der Waals surface area contributed by atoms with Crippen LogP contribution in [-0.4, -0.2) is 15.6 Å². The third-order valence-electron chi connectivity index (χ3n) is 3.79. The van der Waals surface area contributed by atoms with E-state index in [-0.39, 0.29) is 5.78 Å². The Labute approximate surface area is 150 Å². The van der Waals surface area contributed by atoms with Gasteiger partial charge in [0.25, 0.3) is 0 Å². The Morgan fingerprint density at radius 2 is 1.92 bits per heavy atom. The number of halogens is 3. The van der Waals surface area contributed by atoms with Gasteiger partial charge in [0, 0.05) is 25.2 Å². The molecular weight excluding hydrogens is 343 g/mol. The van der Waals surface area contributed by atoms with Crippen LogP contribution in [0.5, 0.6) is 0 Å². The molecule has 0 radical (unpaired) electrons. The number of nitrogens with zero attached hydrogens (tertiary/aromatic N) is 2. The number of hydrogen-bond donors (Lipinski definition) is 1. The van der Waals surface area contributed by atoms with Crippen LogP contribution in [0.2, 0.25) is 0 Å². The van der Waals surface area contributed by atoms with Crippen molar-refractivity contribution in [1.82, 2.24) is 9.78 Å². The minimum atomic E-state index is -4.30. The maximum absolute atomic E-state index is 12.5. The number of Topliss-reactive ketones (excluding diaryl/α,β-unsaturated/α-hetero) is 1. The second-order valence-corrected chi connectivity index (χ2v) is 6.07. The van der Waals surface area contributed by atoms with E-state index in [2.05, 4.69) is 10.4 Å². The Balaban J connectivity index is 1.74. The van der Waals surface area contributed by atoms with Gasteiger partial charge in [-0.25, -0.2) is 0 Å². The number of anilines is 1. The first kappa shape index (κ1) is 19.8. The first-order chi connectivity index (χ1) is 12.3. The molecule has 1 heterocycles. The number of rotatable bonds is 9. The third kappa shape index (κ3) is 6.74. The van der Waals surface area contributed by atoms with Gasteiger partial charge in [0.15, 0.2) is 5.82 Å². The number of alkyl halides is 3. The van der Waals surface area contributed by atoms with Gasteiger partial charge < -0.3 is 10.1 Å². The summed E-state index contributed by atoms with van der Waals surface area (Å²) in [6.07, 6.45) is 3.97. The van der Waals surface area contributed by atoms with E-state index >= 15 is 0 Å². The third-order valence-corrected chi connectivity index (χ3v) is 3.79. The first-order valence-electron chi connectivity index (χ1n) is 8.45. The van der Waals surface area contributed by atoms with Gasteiger partial charge in [-0.2, -0.15) is 18.3 Å². The van der Waals surface area contributed by atoms with Gasteiger partial charge in [0.05, 0.1) is 5.56 Å². The average Bonchev–Trinajstić information content (AvgIpc) is 3.03. The van der Waals surface area contributed by atoms with E-state index in [1.807, 2.05) is 23.0 Å². The van der Waals surface area contributed by atoms with Crippen molar-refractivity contribution < 1.29 is 18.0 Å². The summed E-state index contributed by atoms with van der Waals surface area (Å²) in [6, 6.07) is 6.97. The van der Waals surface area contributed by atoms with E-state index < -0.39 is 11.7 Å². The van der Waals surface area contributed by atoms with E-state index in [0.29, 0.717) is 18.7 Å². The lowest BCUT2D eigenvalue weighted by molar-refractivity contribution is -0.137. The lowest BCUT2D eigenvalue weighted by Gasteiger charge is -2.06. The summed E-state index contributed by atoms with van der Waals surface area (Å²) in [7, 11) is 0. The molecule has 26 heavy (non-hydrogen) atoms. The maximum Gasteiger partial charge on any atom is 0.416 e. The molecule has 1 aromatic heterocycles. The highest BCUT2D eigenvalue weighted by atomic mass is 19.4. The molecule has 4 nitrogen and oxygen atoms in total. The van der Waals surface area contributed by atoms with Crippen LogP contribution in [0.25, 0.3) is 0 Å². The second kappa shape index (κ2) is 9.22. The molecule has 0 aliphatic carbocycles. The molecule has 7 heteroatoms. The van der Waals surface area contributed by atoms with Crippen molar-refractivity contribution >= 4 is 11.6 Å². The molecule has 0 fully saturated rings.